The van der Waals surface area contributed by atoms with E-state index in [1.165, 1.54) is 16.7 Å². The molecular weight excluding hydrogens is 873 g/mol. The van der Waals surface area contributed by atoms with Gasteiger partial charge < -0.3 is 61.1 Å². The van der Waals surface area contributed by atoms with Crippen LogP contribution < -0.4 is 42.6 Å². The Bertz CT molecular complexity index is 2390. The molecular formula is C53H70N2O13+2. The first-order valence-corrected chi connectivity index (χ1v) is 23.0. The third-order valence-corrected chi connectivity index (χ3v) is 13.8. The molecule has 68 heavy (non-hydrogen) atoms. The van der Waals surface area contributed by atoms with Gasteiger partial charge in [-0.15, -0.1) is 0 Å². The van der Waals surface area contributed by atoms with E-state index in [9.17, 15) is 9.59 Å². The number of nitrogens with zero attached hydrogens (tertiary/aromatic N) is 2. The third kappa shape index (κ3) is 11.5. The van der Waals surface area contributed by atoms with Crippen molar-refractivity contribution in [2.75, 3.05) is 117 Å². The lowest BCUT2D eigenvalue weighted by atomic mass is 9.86. The van der Waals surface area contributed by atoms with Crippen LogP contribution in [0, 0.1) is 0 Å². The van der Waals surface area contributed by atoms with Crippen LogP contribution in [0.25, 0.3) is 0 Å². The van der Waals surface area contributed by atoms with Gasteiger partial charge in [0.25, 0.3) is 0 Å². The van der Waals surface area contributed by atoms with E-state index in [0.717, 1.165) is 78.8 Å². The van der Waals surface area contributed by atoms with Crippen LogP contribution in [0.5, 0.6) is 51.7 Å². The monoisotopic (exact) mass is 942 g/mol. The molecule has 0 saturated heterocycles. The van der Waals surface area contributed by atoms with Crippen LogP contribution in [0.1, 0.15) is 58.3 Å². The predicted octanol–water partition coefficient (Wildman–Crippen LogP) is 7.46. The summed E-state index contributed by atoms with van der Waals surface area (Å²) < 4.78 is 63.5. The minimum atomic E-state index is -0.602. The van der Waals surface area contributed by atoms with Crippen LogP contribution in [0.2, 0.25) is 0 Å². The van der Waals surface area contributed by atoms with Crippen molar-refractivity contribution < 1.29 is 70.7 Å². The molecule has 0 aromatic heterocycles. The summed E-state index contributed by atoms with van der Waals surface area (Å²) in [5, 5.41) is 0. The van der Waals surface area contributed by atoms with E-state index in [2.05, 4.69) is 44.4 Å². The quantitative estimate of drug-likeness (QED) is 0.0316. The average Bonchev–Trinajstić information content (AvgIpc) is 3.36. The van der Waals surface area contributed by atoms with Gasteiger partial charge in [0.05, 0.1) is 117 Å². The zero-order chi connectivity index (χ0) is 49.0. The van der Waals surface area contributed by atoms with Gasteiger partial charge in [0, 0.05) is 61.8 Å². The van der Waals surface area contributed by atoms with E-state index in [1.807, 2.05) is 24.3 Å². The summed E-state index contributed by atoms with van der Waals surface area (Å²) in [5.41, 5.74) is 6.90. The Hall–Kier alpha value is -6.32. The van der Waals surface area contributed by atoms with Crippen molar-refractivity contribution in [3.63, 3.8) is 0 Å². The number of benzene rings is 4. The smallest absolute Gasteiger partial charge is 0.331 e. The lowest BCUT2D eigenvalue weighted by Crippen LogP contribution is -2.52. The van der Waals surface area contributed by atoms with Crippen LogP contribution in [-0.4, -0.2) is 138 Å². The minimum Gasteiger partial charge on any atom is -0.493 e. The maximum Gasteiger partial charge on any atom is 0.331 e. The van der Waals surface area contributed by atoms with E-state index in [4.69, 9.17) is 52.1 Å². The minimum absolute atomic E-state index is 0.0122. The summed E-state index contributed by atoms with van der Waals surface area (Å²) in [5.74, 6) is 4.60. The molecule has 6 rings (SSSR count). The number of rotatable bonds is 23. The molecule has 15 nitrogen and oxygen atoms in total. The van der Waals surface area contributed by atoms with Gasteiger partial charge in [-0.25, -0.2) is 9.59 Å². The Morgan fingerprint density at radius 2 is 0.868 bits per heavy atom. The largest absolute Gasteiger partial charge is 0.493 e. The molecule has 2 aliphatic heterocycles. The van der Waals surface area contributed by atoms with Crippen LogP contribution in [0.4, 0.5) is 0 Å². The first-order valence-electron chi connectivity index (χ1n) is 23.0. The summed E-state index contributed by atoms with van der Waals surface area (Å²) >= 11 is 0. The molecule has 4 atom stereocenters. The van der Waals surface area contributed by atoms with Crippen molar-refractivity contribution in [3.05, 3.63) is 100 Å². The van der Waals surface area contributed by atoms with E-state index < -0.39 is 11.9 Å². The number of likely N-dealkylation sites (N-methyl/N-ethyl adjacent to an activating group) is 2. The lowest BCUT2D eigenvalue weighted by Gasteiger charge is -2.46. The number of esters is 2. The highest BCUT2D eigenvalue weighted by Crippen LogP contribution is 2.46. The highest BCUT2D eigenvalue weighted by molar-refractivity contribution is 5.91. The predicted molar refractivity (Wildman–Crippen MR) is 257 cm³/mol. The molecule has 15 heteroatoms. The molecule has 2 aliphatic rings. The van der Waals surface area contributed by atoms with E-state index >= 15 is 0 Å². The van der Waals surface area contributed by atoms with Gasteiger partial charge in [-0.1, -0.05) is 6.07 Å². The van der Waals surface area contributed by atoms with Crippen molar-refractivity contribution in [1.29, 1.82) is 0 Å². The van der Waals surface area contributed by atoms with Crippen LogP contribution in [0.15, 0.2) is 66.7 Å². The van der Waals surface area contributed by atoms with Crippen LogP contribution in [-0.2, 0) is 44.7 Å². The molecule has 0 amide bonds. The zero-order valence-corrected chi connectivity index (χ0v) is 41.7. The van der Waals surface area contributed by atoms with Crippen molar-refractivity contribution in [2.45, 2.75) is 50.6 Å². The molecule has 0 fully saturated rings. The van der Waals surface area contributed by atoms with Gasteiger partial charge in [0.1, 0.15) is 12.1 Å². The van der Waals surface area contributed by atoms with Gasteiger partial charge in [-0.05, 0) is 70.8 Å². The third-order valence-electron chi connectivity index (χ3n) is 13.8. The topological polar surface area (TPSA) is 136 Å². The number of fused-ring (bicyclic) bond motifs is 2. The fourth-order valence-electron chi connectivity index (χ4n) is 9.99. The Kier molecular flexibility index (Phi) is 17.4. The Labute approximate surface area is 401 Å². The normalized spacial score (nSPS) is 19.5. The van der Waals surface area contributed by atoms with Crippen molar-refractivity contribution in [3.8, 4) is 51.7 Å². The van der Waals surface area contributed by atoms with Gasteiger partial charge in [-0.2, -0.15) is 0 Å². The number of hydrogen-bond donors (Lipinski definition) is 0. The Morgan fingerprint density at radius 1 is 0.485 bits per heavy atom. The number of carbonyl (C=O) groups excluding carboxylic acids is 2. The number of methoxy groups -OCH3 is 9. The summed E-state index contributed by atoms with van der Waals surface area (Å²) in [6.45, 7) is 3.59. The number of quaternary nitrogens is 2. The highest BCUT2D eigenvalue weighted by atomic mass is 16.5. The maximum absolute atomic E-state index is 12.9. The SMILES string of the molecule is COc1ccc(C[C@@H]2c3cc(OC)c(OC)cc3CC[N+]2(C)CCCOC(=O)C=CC(=O)OCCC[N@+]2(C)CCc3cc(OC)c(OC)cc3[C@H]2Cc2cc(OC)c(OC)c(OC)c2)cc1OC. The van der Waals surface area contributed by atoms with E-state index in [-0.39, 0.29) is 25.3 Å². The molecule has 0 bridgehead atoms. The molecule has 4 aromatic carbocycles. The Balaban J connectivity index is 1.05. The Morgan fingerprint density at radius 3 is 1.28 bits per heavy atom. The number of hydrogen-bond acceptors (Lipinski definition) is 13. The molecule has 0 aliphatic carbocycles. The first kappa shape index (κ1) is 51.1. The summed E-state index contributed by atoms with van der Waals surface area (Å²) in [6, 6.07) is 18.4. The van der Waals surface area contributed by atoms with Gasteiger partial charge in [0.15, 0.2) is 46.0 Å². The van der Waals surface area contributed by atoms with Gasteiger partial charge in [0.2, 0.25) is 5.75 Å². The fourth-order valence-corrected chi connectivity index (χ4v) is 9.99. The molecule has 2 heterocycles. The van der Waals surface area contributed by atoms with Crippen molar-refractivity contribution in [2.24, 2.45) is 0 Å². The van der Waals surface area contributed by atoms with Crippen LogP contribution in [0.3, 0.4) is 0 Å². The van der Waals surface area contributed by atoms with Crippen molar-refractivity contribution in [1.82, 2.24) is 0 Å². The second-order valence-corrected chi connectivity index (χ2v) is 17.7. The average molecular weight is 943 g/mol. The second kappa shape index (κ2) is 23.1. The lowest BCUT2D eigenvalue weighted by molar-refractivity contribution is -0.941. The molecule has 0 spiro atoms. The van der Waals surface area contributed by atoms with Crippen LogP contribution >= 0.6 is 0 Å². The standard InChI is InChI=1S/C53H70N2O13/c1-54(22-18-37-31-45(60-5)47(62-7)33-39(37)41(54)26-35-14-15-43(58-3)44(28-35)59-4)20-12-24-67-51(56)16-17-52(57)68-25-13-21-55(2)23-19-38-32-46(61-6)48(63-8)34-40(38)42(55)27-36-29-49(64-9)53(66-11)50(30-36)65-10/h14-17,28-34,41-42H,12-13,18-27H2,1-11H3/q+2/t41-,42-,54?,55-/m1/s1. The number of ether oxygens (including phenoxy) is 11. The second-order valence-electron chi connectivity index (χ2n) is 17.7. The molecule has 4 aromatic rings. The molecule has 0 saturated carbocycles. The zero-order valence-electron chi connectivity index (χ0n) is 41.7. The van der Waals surface area contributed by atoms with E-state index in [0.29, 0.717) is 75.5 Å². The van der Waals surface area contributed by atoms with Crippen molar-refractivity contribution >= 4 is 11.9 Å². The fraction of sp³-hybridized carbons (Fsp3) is 0.472. The summed E-state index contributed by atoms with van der Waals surface area (Å²) in [4.78, 5) is 25.7. The summed E-state index contributed by atoms with van der Waals surface area (Å²) in [7, 11) is 19.2. The molecule has 1 unspecified atom stereocenters. The van der Waals surface area contributed by atoms with E-state index in [1.54, 1.807) is 64.0 Å². The molecule has 368 valence electrons. The van der Waals surface area contributed by atoms with Gasteiger partial charge >= 0.3 is 11.9 Å². The molecule has 0 N–H and O–H groups in total. The number of carbonyl (C=O) groups is 2. The molecule has 0 radical (unpaired) electrons. The first-order chi connectivity index (χ1) is 32.8. The highest BCUT2D eigenvalue weighted by Gasteiger charge is 2.41. The van der Waals surface area contributed by atoms with Gasteiger partial charge in [-0.3, -0.25) is 0 Å². The maximum atomic E-state index is 12.9. The summed E-state index contributed by atoms with van der Waals surface area (Å²) in [6.07, 6.45) is 6.58.